The van der Waals surface area contributed by atoms with Crippen LogP contribution in [0.3, 0.4) is 0 Å². The van der Waals surface area contributed by atoms with Crippen LogP contribution >= 0.6 is 0 Å². The molecule has 0 aliphatic carbocycles. The van der Waals surface area contributed by atoms with Crippen LogP contribution in [0.5, 0.6) is 0 Å². The van der Waals surface area contributed by atoms with E-state index in [0.717, 1.165) is 38.9 Å². The van der Waals surface area contributed by atoms with E-state index in [1.165, 1.54) is 19.3 Å². The number of likely N-dealkylation sites (tertiary alicyclic amines) is 1. The number of nitrogens with zero attached hydrogens (tertiary/aromatic N) is 1. The van der Waals surface area contributed by atoms with Crippen LogP contribution < -0.4 is 5.32 Å². The molecular weight excluding hydrogens is 216 g/mol. The number of piperidine rings is 2. The maximum absolute atomic E-state index is 12.0. The molecule has 0 aromatic heterocycles. The van der Waals surface area contributed by atoms with Crippen molar-refractivity contribution in [3.8, 4) is 0 Å². The fourth-order valence-electron chi connectivity index (χ4n) is 2.74. The number of carbonyl (C=O) groups is 1. The predicted molar refractivity (Wildman–Crippen MR) is 66.7 cm³/mol. The average molecular weight is 240 g/mol. The monoisotopic (exact) mass is 240 g/mol. The zero-order chi connectivity index (χ0) is 12.1. The minimum atomic E-state index is -0.195. The minimum absolute atomic E-state index is 0.195. The van der Waals surface area contributed by atoms with Gasteiger partial charge in [0.25, 0.3) is 0 Å². The average Bonchev–Trinajstić information content (AvgIpc) is 2.38. The molecule has 0 saturated carbocycles. The van der Waals surface area contributed by atoms with E-state index in [0.29, 0.717) is 12.5 Å². The molecule has 1 unspecified atom stereocenters. The lowest BCUT2D eigenvalue weighted by Crippen LogP contribution is -2.41. The summed E-state index contributed by atoms with van der Waals surface area (Å²) in [7, 11) is 0. The maximum atomic E-state index is 12.0. The quantitative estimate of drug-likeness (QED) is 0.770. The Kier molecular flexibility index (Phi) is 4.80. The third-order valence-electron chi connectivity index (χ3n) is 3.94. The van der Waals surface area contributed by atoms with Gasteiger partial charge in [0, 0.05) is 25.6 Å². The number of carbonyl (C=O) groups excluding carboxylic acids is 1. The van der Waals surface area contributed by atoms with Crippen molar-refractivity contribution in [2.75, 3.05) is 19.6 Å². The molecule has 0 radical (unpaired) electrons. The SMILES string of the molecule is O=C(CCC1CCCCN1)N1CCC(O)CC1. The van der Waals surface area contributed by atoms with Gasteiger partial charge in [-0.3, -0.25) is 4.79 Å². The van der Waals surface area contributed by atoms with E-state index in [1.807, 2.05) is 4.90 Å². The Morgan fingerprint density at radius 3 is 2.65 bits per heavy atom. The normalized spacial score (nSPS) is 27.1. The van der Waals surface area contributed by atoms with Gasteiger partial charge in [-0.15, -0.1) is 0 Å². The summed E-state index contributed by atoms with van der Waals surface area (Å²) in [5.74, 6) is 0.268. The topological polar surface area (TPSA) is 52.6 Å². The first-order valence-electron chi connectivity index (χ1n) is 6.95. The zero-order valence-corrected chi connectivity index (χ0v) is 10.5. The summed E-state index contributed by atoms with van der Waals surface area (Å²) in [6.07, 6.45) is 6.70. The first-order valence-corrected chi connectivity index (χ1v) is 6.95. The largest absolute Gasteiger partial charge is 0.393 e. The lowest BCUT2D eigenvalue weighted by Gasteiger charge is -2.30. The molecule has 2 rings (SSSR count). The van der Waals surface area contributed by atoms with Gasteiger partial charge in [-0.05, 0) is 38.6 Å². The molecular formula is C13H24N2O2. The van der Waals surface area contributed by atoms with Gasteiger partial charge in [0.2, 0.25) is 5.91 Å². The Labute approximate surface area is 103 Å². The van der Waals surface area contributed by atoms with Crippen LogP contribution in [0, 0.1) is 0 Å². The third-order valence-corrected chi connectivity index (χ3v) is 3.94. The van der Waals surface area contributed by atoms with Crippen LogP contribution in [0.4, 0.5) is 0 Å². The number of aliphatic hydroxyl groups is 1. The Hall–Kier alpha value is -0.610. The zero-order valence-electron chi connectivity index (χ0n) is 10.5. The highest BCUT2D eigenvalue weighted by Crippen LogP contribution is 2.15. The number of nitrogens with one attached hydrogen (secondary N) is 1. The number of aliphatic hydroxyl groups excluding tert-OH is 1. The van der Waals surface area contributed by atoms with Crippen molar-refractivity contribution in [1.29, 1.82) is 0 Å². The molecule has 1 amide bonds. The second-order valence-electron chi connectivity index (χ2n) is 5.30. The number of rotatable bonds is 3. The summed E-state index contributed by atoms with van der Waals surface area (Å²) < 4.78 is 0. The van der Waals surface area contributed by atoms with Crippen molar-refractivity contribution in [2.45, 2.75) is 57.1 Å². The number of hydrogen-bond acceptors (Lipinski definition) is 3. The fraction of sp³-hybridized carbons (Fsp3) is 0.923. The fourth-order valence-corrected chi connectivity index (χ4v) is 2.74. The molecule has 4 heteroatoms. The van der Waals surface area contributed by atoms with Crippen molar-refractivity contribution in [3.05, 3.63) is 0 Å². The van der Waals surface area contributed by atoms with E-state index in [-0.39, 0.29) is 12.0 Å². The van der Waals surface area contributed by atoms with Crippen LogP contribution in [-0.2, 0) is 4.79 Å². The van der Waals surface area contributed by atoms with Crippen LogP contribution in [0.25, 0.3) is 0 Å². The summed E-state index contributed by atoms with van der Waals surface area (Å²) >= 11 is 0. The number of hydrogen-bond donors (Lipinski definition) is 2. The molecule has 2 fully saturated rings. The Morgan fingerprint density at radius 1 is 1.24 bits per heavy atom. The molecule has 17 heavy (non-hydrogen) atoms. The van der Waals surface area contributed by atoms with Gasteiger partial charge in [0.1, 0.15) is 0 Å². The van der Waals surface area contributed by atoms with Gasteiger partial charge >= 0.3 is 0 Å². The Balaban J connectivity index is 1.66. The molecule has 98 valence electrons. The highest BCUT2D eigenvalue weighted by molar-refractivity contribution is 5.76. The van der Waals surface area contributed by atoms with Crippen molar-refractivity contribution >= 4 is 5.91 Å². The van der Waals surface area contributed by atoms with Crippen LogP contribution in [0.2, 0.25) is 0 Å². The van der Waals surface area contributed by atoms with Crippen molar-refractivity contribution in [2.24, 2.45) is 0 Å². The van der Waals surface area contributed by atoms with Gasteiger partial charge in [0.15, 0.2) is 0 Å². The van der Waals surface area contributed by atoms with E-state index >= 15 is 0 Å². The van der Waals surface area contributed by atoms with Gasteiger partial charge in [-0.2, -0.15) is 0 Å². The van der Waals surface area contributed by atoms with Crippen LogP contribution in [-0.4, -0.2) is 47.7 Å². The van der Waals surface area contributed by atoms with Gasteiger partial charge in [-0.25, -0.2) is 0 Å². The van der Waals surface area contributed by atoms with E-state index < -0.39 is 0 Å². The Bertz CT molecular complexity index is 244. The van der Waals surface area contributed by atoms with Gasteiger partial charge in [0.05, 0.1) is 6.10 Å². The summed E-state index contributed by atoms with van der Waals surface area (Å²) in [4.78, 5) is 13.9. The van der Waals surface area contributed by atoms with Crippen LogP contribution in [0.15, 0.2) is 0 Å². The standard InChI is InChI=1S/C13H24N2O2/c16-12-6-9-15(10-7-12)13(17)5-4-11-3-1-2-8-14-11/h11-12,14,16H,1-10H2. The molecule has 0 bridgehead atoms. The molecule has 2 N–H and O–H groups in total. The maximum Gasteiger partial charge on any atom is 0.222 e. The molecule has 0 aromatic carbocycles. The first kappa shape index (κ1) is 12.8. The van der Waals surface area contributed by atoms with E-state index in [1.54, 1.807) is 0 Å². The lowest BCUT2D eigenvalue weighted by atomic mass is 10.00. The predicted octanol–water partition coefficient (Wildman–Crippen LogP) is 0.892. The lowest BCUT2D eigenvalue weighted by molar-refractivity contribution is -0.133. The molecule has 0 spiro atoms. The van der Waals surface area contributed by atoms with Crippen molar-refractivity contribution in [1.82, 2.24) is 10.2 Å². The summed E-state index contributed by atoms with van der Waals surface area (Å²) in [6, 6.07) is 0.545. The van der Waals surface area contributed by atoms with Crippen LogP contribution in [0.1, 0.15) is 44.9 Å². The molecule has 2 saturated heterocycles. The molecule has 4 nitrogen and oxygen atoms in total. The smallest absolute Gasteiger partial charge is 0.222 e. The molecule has 0 aromatic rings. The highest BCUT2D eigenvalue weighted by atomic mass is 16.3. The number of amides is 1. The Morgan fingerprint density at radius 2 is 2.00 bits per heavy atom. The van der Waals surface area contributed by atoms with E-state index in [4.69, 9.17) is 0 Å². The van der Waals surface area contributed by atoms with Crippen molar-refractivity contribution < 1.29 is 9.90 Å². The van der Waals surface area contributed by atoms with E-state index in [9.17, 15) is 9.90 Å². The van der Waals surface area contributed by atoms with E-state index in [2.05, 4.69) is 5.32 Å². The van der Waals surface area contributed by atoms with Crippen molar-refractivity contribution in [3.63, 3.8) is 0 Å². The summed E-state index contributed by atoms with van der Waals surface area (Å²) in [5.41, 5.74) is 0. The third kappa shape index (κ3) is 3.96. The first-order chi connectivity index (χ1) is 8.25. The molecule has 1 atom stereocenters. The second kappa shape index (κ2) is 6.36. The molecule has 2 aliphatic rings. The summed E-state index contributed by atoms with van der Waals surface area (Å²) in [5, 5.41) is 12.9. The van der Waals surface area contributed by atoms with Gasteiger partial charge < -0.3 is 15.3 Å². The van der Waals surface area contributed by atoms with Gasteiger partial charge in [-0.1, -0.05) is 6.42 Å². The molecule has 2 heterocycles. The molecule has 2 aliphatic heterocycles. The summed E-state index contributed by atoms with van der Waals surface area (Å²) in [6.45, 7) is 2.57. The minimum Gasteiger partial charge on any atom is -0.393 e. The second-order valence-corrected chi connectivity index (χ2v) is 5.30. The highest BCUT2D eigenvalue weighted by Gasteiger charge is 2.22.